The summed E-state index contributed by atoms with van der Waals surface area (Å²) in [7, 11) is 0. The number of unbranched alkanes of at least 4 members (excludes halogenated alkanes) is 2. The van der Waals surface area contributed by atoms with Crippen molar-refractivity contribution in [2.75, 3.05) is 5.75 Å². The molecule has 0 saturated heterocycles. The molecular formula is C8H14O2S. The third-order valence-electron chi connectivity index (χ3n) is 1.40. The summed E-state index contributed by atoms with van der Waals surface area (Å²) in [4.78, 5) is 10.3. The molecule has 0 fully saturated rings. The Balaban J connectivity index is 3.48. The van der Waals surface area contributed by atoms with Crippen molar-refractivity contribution in [3.8, 4) is 0 Å². The minimum Gasteiger partial charge on any atom is -0.478 e. The molecule has 0 heterocycles. The number of allylic oxidation sites excluding steroid dienone is 1. The Kier molecular flexibility index (Phi) is 6.03. The van der Waals surface area contributed by atoms with Gasteiger partial charge in [-0.05, 0) is 31.9 Å². The smallest absolute Gasteiger partial charge is 0.330 e. The van der Waals surface area contributed by atoms with Crippen LogP contribution in [0.2, 0.25) is 0 Å². The van der Waals surface area contributed by atoms with Gasteiger partial charge in [-0.2, -0.15) is 12.6 Å². The molecule has 64 valence electrons. The summed E-state index contributed by atoms with van der Waals surface area (Å²) >= 11 is 4.05. The lowest BCUT2D eigenvalue weighted by Gasteiger charge is -1.93. The molecule has 3 heteroatoms. The van der Waals surface area contributed by atoms with Gasteiger partial charge in [-0.25, -0.2) is 4.79 Å². The Morgan fingerprint density at radius 1 is 1.55 bits per heavy atom. The molecule has 0 spiro atoms. The second-order valence-electron chi connectivity index (χ2n) is 2.41. The summed E-state index contributed by atoms with van der Waals surface area (Å²) < 4.78 is 0. The molecule has 0 aliphatic carbocycles. The molecule has 0 rings (SSSR count). The van der Waals surface area contributed by atoms with Crippen molar-refractivity contribution in [2.45, 2.75) is 26.2 Å². The Morgan fingerprint density at radius 3 is 2.64 bits per heavy atom. The van der Waals surface area contributed by atoms with Gasteiger partial charge in [0, 0.05) is 5.57 Å². The number of thiol groups is 1. The molecule has 0 aromatic carbocycles. The lowest BCUT2D eigenvalue weighted by atomic mass is 10.2. The lowest BCUT2D eigenvalue weighted by Crippen LogP contribution is -1.95. The zero-order valence-corrected chi connectivity index (χ0v) is 7.60. The fourth-order valence-electron chi connectivity index (χ4n) is 0.662. The van der Waals surface area contributed by atoms with Crippen LogP contribution < -0.4 is 0 Å². The van der Waals surface area contributed by atoms with E-state index in [0.29, 0.717) is 5.57 Å². The molecule has 0 aliphatic rings. The van der Waals surface area contributed by atoms with Gasteiger partial charge >= 0.3 is 5.97 Å². The average Bonchev–Trinajstić information content (AvgIpc) is 1.97. The van der Waals surface area contributed by atoms with Crippen molar-refractivity contribution in [3.05, 3.63) is 11.6 Å². The predicted molar refractivity (Wildman–Crippen MR) is 49.1 cm³/mol. The number of carboxylic acid groups (broad SMARTS) is 1. The molecule has 0 aromatic rings. The zero-order chi connectivity index (χ0) is 8.69. The zero-order valence-electron chi connectivity index (χ0n) is 6.71. The Bertz CT molecular complexity index is 152. The lowest BCUT2D eigenvalue weighted by molar-refractivity contribution is -0.132. The van der Waals surface area contributed by atoms with E-state index >= 15 is 0 Å². The minimum atomic E-state index is -0.823. The quantitative estimate of drug-likeness (QED) is 0.380. The number of carboxylic acids is 1. The first-order chi connectivity index (χ1) is 5.18. The summed E-state index contributed by atoms with van der Waals surface area (Å²) in [6.07, 6.45) is 4.67. The Morgan fingerprint density at radius 2 is 2.18 bits per heavy atom. The Labute approximate surface area is 72.7 Å². The maximum absolute atomic E-state index is 10.3. The van der Waals surface area contributed by atoms with Gasteiger partial charge in [-0.1, -0.05) is 6.08 Å². The van der Waals surface area contributed by atoms with Crippen molar-refractivity contribution in [1.29, 1.82) is 0 Å². The van der Waals surface area contributed by atoms with Crippen LogP contribution in [0.5, 0.6) is 0 Å². The number of aliphatic carboxylic acids is 1. The standard InChI is InChI=1S/C8H14O2S/c1-7(8(9)10)5-3-2-4-6-11/h5,11H,2-4,6H2,1H3,(H,9,10). The first-order valence-electron chi connectivity index (χ1n) is 3.69. The topological polar surface area (TPSA) is 37.3 Å². The van der Waals surface area contributed by atoms with Gasteiger partial charge in [0.15, 0.2) is 0 Å². The number of carbonyl (C=O) groups is 1. The van der Waals surface area contributed by atoms with Gasteiger partial charge in [-0.3, -0.25) is 0 Å². The second-order valence-corrected chi connectivity index (χ2v) is 2.86. The van der Waals surface area contributed by atoms with Crippen molar-refractivity contribution in [3.63, 3.8) is 0 Å². The van der Waals surface area contributed by atoms with Gasteiger partial charge < -0.3 is 5.11 Å². The second kappa shape index (κ2) is 6.28. The first kappa shape index (κ1) is 10.6. The maximum atomic E-state index is 10.3. The van der Waals surface area contributed by atoms with Crippen molar-refractivity contribution in [1.82, 2.24) is 0 Å². The molecule has 2 nitrogen and oxygen atoms in total. The van der Waals surface area contributed by atoms with Gasteiger partial charge in [0.25, 0.3) is 0 Å². The SMILES string of the molecule is CC(=CCCCCS)C(=O)O. The van der Waals surface area contributed by atoms with Crippen LogP contribution in [0.15, 0.2) is 11.6 Å². The molecule has 0 amide bonds. The molecule has 0 bridgehead atoms. The van der Waals surface area contributed by atoms with Gasteiger partial charge in [0.2, 0.25) is 0 Å². The van der Waals surface area contributed by atoms with Crippen LogP contribution >= 0.6 is 12.6 Å². The summed E-state index contributed by atoms with van der Waals surface area (Å²) in [5.41, 5.74) is 0.434. The predicted octanol–water partition coefficient (Wildman–Crippen LogP) is 2.12. The highest BCUT2D eigenvalue weighted by molar-refractivity contribution is 7.80. The van der Waals surface area contributed by atoms with Crippen LogP contribution in [0.3, 0.4) is 0 Å². The van der Waals surface area contributed by atoms with E-state index in [0.717, 1.165) is 25.0 Å². The van der Waals surface area contributed by atoms with E-state index in [4.69, 9.17) is 5.11 Å². The van der Waals surface area contributed by atoms with E-state index in [1.807, 2.05) is 0 Å². The van der Waals surface area contributed by atoms with Crippen molar-refractivity contribution < 1.29 is 9.90 Å². The van der Waals surface area contributed by atoms with E-state index in [1.54, 1.807) is 13.0 Å². The van der Waals surface area contributed by atoms with E-state index in [9.17, 15) is 4.79 Å². The number of rotatable bonds is 5. The van der Waals surface area contributed by atoms with Gasteiger partial charge in [-0.15, -0.1) is 0 Å². The fourth-order valence-corrected chi connectivity index (χ4v) is 0.886. The summed E-state index contributed by atoms with van der Waals surface area (Å²) in [5, 5.41) is 8.46. The molecule has 0 saturated carbocycles. The largest absolute Gasteiger partial charge is 0.478 e. The summed E-state index contributed by atoms with van der Waals surface area (Å²) in [6, 6.07) is 0. The molecule has 0 radical (unpaired) electrons. The highest BCUT2D eigenvalue weighted by Gasteiger charge is 1.96. The highest BCUT2D eigenvalue weighted by atomic mass is 32.1. The summed E-state index contributed by atoms with van der Waals surface area (Å²) in [5.74, 6) is 0.0517. The monoisotopic (exact) mass is 174 g/mol. The van der Waals surface area contributed by atoms with Gasteiger partial charge in [0.1, 0.15) is 0 Å². The van der Waals surface area contributed by atoms with Crippen molar-refractivity contribution >= 4 is 18.6 Å². The summed E-state index contributed by atoms with van der Waals surface area (Å²) in [6.45, 7) is 1.61. The van der Waals surface area contributed by atoms with Crippen molar-refractivity contribution in [2.24, 2.45) is 0 Å². The first-order valence-corrected chi connectivity index (χ1v) is 4.32. The fraction of sp³-hybridized carbons (Fsp3) is 0.625. The van der Waals surface area contributed by atoms with Crippen LogP contribution in [0.25, 0.3) is 0 Å². The minimum absolute atomic E-state index is 0.434. The molecule has 0 unspecified atom stereocenters. The third kappa shape index (κ3) is 5.98. The van der Waals surface area contributed by atoms with E-state index in [-0.39, 0.29) is 0 Å². The van der Waals surface area contributed by atoms with Crippen LogP contribution in [0, 0.1) is 0 Å². The van der Waals surface area contributed by atoms with Crippen LogP contribution in [-0.2, 0) is 4.79 Å². The molecule has 0 atom stereocenters. The van der Waals surface area contributed by atoms with Gasteiger partial charge in [0.05, 0.1) is 0 Å². The molecule has 1 N–H and O–H groups in total. The Hall–Kier alpha value is -0.440. The van der Waals surface area contributed by atoms with E-state index < -0.39 is 5.97 Å². The van der Waals surface area contributed by atoms with E-state index in [1.165, 1.54) is 0 Å². The average molecular weight is 174 g/mol. The van der Waals surface area contributed by atoms with Crippen LogP contribution in [0.1, 0.15) is 26.2 Å². The number of hydrogen-bond acceptors (Lipinski definition) is 2. The number of hydrogen-bond donors (Lipinski definition) is 2. The highest BCUT2D eigenvalue weighted by Crippen LogP contribution is 2.01. The normalized spacial score (nSPS) is 11.6. The van der Waals surface area contributed by atoms with E-state index in [2.05, 4.69) is 12.6 Å². The molecular weight excluding hydrogens is 160 g/mol. The maximum Gasteiger partial charge on any atom is 0.330 e. The van der Waals surface area contributed by atoms with Crippen LogP contribution in [0.4, 0.5) is 0 Å². The third-order valence-corrected chi connectivity index (χ3v) is 1.72. The molecule has 0 aromatic heterocycles. The molecule has 0 aliphatic heterocycles. The van der Waals surface area contributed by atoms with Crippen LogP contribution in [-0.4, -0.2) is 16.8 Å². The molecule has 11 heavy (non-hydrogen) atoms.